The van der Waals surface area contributed by atoms with E-state index in [1.54, 1.807) is 5.54 Å². The van der Waals surface area contributed by atoms with Crippen molar-refractivity contribution in [1.82, 2.24) is 0 Å². The van der Waals surface area contributed by atoms with Crippen LogP contribution in [0.3, 0.4) is 0 Å². The Morgan fingerprint density at radius 2 is 1.04 bits per heavy atom. The van der Waals surface area contributed by atoms with Gasteiger partial charge in [0.1, 0.15) is 0 Å². The summed E-state index contributed by atoms with van der Waals surface area (Å²) in [6, 6.07) is 0. The first-order chi connectivity index (χ1) is 11.1. The second-order valence-corrected chi connectivity index (χ2v) is 8.05. The monoisotopic (exact) mass is 379 g/mol. The van der Waals surface area contributed by atoms with Gasteiger partial charge >= 0.3 is 0 Å². The first-order valence-corrected chi connectivity index (χ1v) is 10.6. The van der Waals surface area contributed by atoms with E-state index in [9.17, 15) is 0 Å². The van der Waals surface area contributed by atoms with E-state index in [2.05, 4.69) is 27.1 Å². The molecular formula is C21H43Cl2N. The zero-order valence-corrected chi connectivity index (χ0v) is 18.2. The van der Waals surface area contributed by atoms with Gasteiger partial charge in [-0.2, -0.15) is 0 Å². The molecule has 0 atom stereocenters. The number of quaternary nitrogens is 1. The standard InChI is InChI=1S/C21H43ClN.ClH/c1-4-5-6-7-8-9-10-11-12-13-14-15-16-17-20-23(2,3)21-18-19-22;/h18-19H,4-17,20-21H2,1-3H3;1H/q+1;/p-1. The Kier molecular flexibility index (Phi) is 21.7. The molecule has 0 spiro atoms. The third-order valence-corrected chi connectivity index (χ3v) is 4.98. The number of rotatable bonds is 17. The van der Waals surface area contributed by atoms with Crippen molar-refractivity contribution in [3.63, 3.8) is 0 Å². The largest absolute Gasteiger partial charge is 1.00 e. The van der Waals surface area contributed by atoms with Crippen molar-refractivity contribution in [3.8, 4) is 0 Å². The van der Waals surface area contributed by atoms with Crippen LogP contribution < -0.4 is 12.4 Å². The van der Waals surface area contributed by atoms with Gasteiger partial charge in [-0.3, -0.25) is 0 Å². The maximum atomic E-state index is 5.61. The van der Waals surface area contributed by atoms with E-state index in [1.165, 1.54) is 96.4 Å². The Hall–Kier alpha value is 0.280. The highest BCUT2D eigenvalue weighted by atomic mass is 35.5. The molecule has 146 valence electrons. The van der Waals surface area contributed by atoms with Crippen molar-refractivity contribution in [3.05, 3.63) is 11.6 Å². The predicted molar refractivity (Wildman–Crippen MR) is 107 cm³/mol. The molecule has 0 aromatic heterocycles. The van der Waals surface area contributed by atoms with Crippen molar-refractivity contribution in [2.75, 3.05) is 27.2 Å². The molecule has 0 saturated heterocycles. The van der Waals surface area contributed by atoms with E-state index in [-0.39, 0.29) is 12.4 Å². The van der Waals surface area contributed by atoms with Crippen LogP contribution in [-0.2, 0) is 0 Å². The molecule has 24 heavy (non-hydrogen) atoms. The summed E-state index contributed by atoms with van der Waals surface area (Å²) in [5.41, 5.74) is 1.64. The summed E-state index contributed by atoms with van der Waals surface area (Å²) in [5, 5.41) is 0. The smallest absolute Gasteiger partial charge is 0.0981 e. The predicted octanol–water partition coefficient (Wildman–Crippen LogP) is 4.30. The maximum absolute atomic E-state index is 5.61. The number of hydrogen-bond acceptors (Lipinski definition) is 0. The minimum Gasteiger partial charge on any atom is -1.00 e. The van der Waals surface area contributed by atoms with E-state index in [4.69, 9.17) is 11.6 Å². The number of unbranched alkanes of at least 4 members (excludes halogenated alkanes) is 13. The summed E-state index contributed by atoms with van der Waals surface area (Å²) >= 11 is 5.61. The Balaban J connectivity index is 0. The summed E-state index contributed by atoms with van der Waals surface area (Å²) in [6.07, 6.45) is 22.1. The fraction of sp³-hybridized carbons (Fsp3) is 0.905. The highest BCUT2D eigenvalue weighted by molar-refractivity contribution is 6.25. The maximum Gasteiger partial charge on any atom is 0.0981 e. The minimum absolute atomic E-state index is 0. The Bertz CT molecular complexity index is 265. The van der Waals surface area contributed by atoms with E-state index >= 15 is 0 Å². The number of halogens is 2. The molecule has 0 heterocycles. The molecule has 0 aliphatic rings. The van der Waals surface area contributed by atoms with Crippen molar-refractivity contribution in [1.29, 1.82) is 0 Å². The Morgan fingerprint density at radius 1 is 0.667 bits per heavy atom. The molecule has 0 bridgehead atoms. The molecule has 0 fully saturated rings. The second-order valence-electron chi connectivity index (χ2n) is 7.80. The van der Waals surface area contributed by atoms with Gasteiger partial charge in [0.15, 0.2) is 0 Å². The quantitative estimate of drug-likeness (QED) is 0.261. The van der Waals surface area contributed by atoms with Crippen molar-refractivity contribution in [2.24, 2.45) is 0 Å². The van der Waals surface area contributed by atoms with Crippen molar-refractivity contribution >= 4 is 11.6 Å². The van der Waals surface area contributed by atoms with Crippen LogP contribution in [0.2, 0.25) is 0 Å². The summed E-state index contributed by atoms with van der Waals surface area (Å²) in [4.78, 5) is 0. The topological polar surface area (TPSA) is 0 Å². The fourth-order valence-corrected chi connectivity index (χ4v) is 3.23. The van der Waals surface area contributed by atoms with Crippen LogP contribution in [-0.4, -0.2) is 31.7 Å². The van der Waals surface area contributed by atoms with Gasteiger partial charge in [0.2, 0.25) is 0 Å². The van der Waals surface area contributed by atoms with Crippen LogP contribution >= 0.6 is 11.6 Å². The second kappa shape index (κ2) is 19.6. The van der Waals surface area contributed by atoms with Gasteiger partial charge in [-0.05, 0) is 18.9 Å². The normalized spacial score (nSPS) is 11.8. The molecule has 3 heteroatoms. The van der Waals surface area contributed by atoms with Crippen LogP contribution in [0.4, 0.5) is 0 Å². The lowest BCUT2D eigenvalue weighted by atomic mass is 10.0. The molecule has 0 unspecified atom stereocenters. The van der Waals surface area contributed by atoms with E-state index in [1.807, 2.05) is 0 Å². The van der Waals surface area contributed by atoms with Crippen LogP contribution in [0.25, 0.3) is 0 Å². The summed E-state index contributed by atoms with van der Waals surface area (Å²) < 4.78 is 1.06. The van der Waals surface area contributed by atoms with E-state index in [0.717, 1.165) is 11.0 Å². The lowest BCUT2D eigenvalue weighted by Crippen LogP contribution is -3.00. The SMILES string of the molecule is CCCCCCCCCCCCCCCC[N+](C)(C)CC=CCl.[Cl-]. The number of likely N-dealkylation sites (N-methyl/N-ethyl adjacent to an activating group) is 1. The van der Waals surface area contributed by atoms with Gasteiger partial charge in [-0.25, -0.2) is 0 Å². The van der Waals surface area contributed by atoms with Crippen LogP contribution in [0, 0.1) is 0 Å². The fourth-order valence-electron chi connectivity index (χ4n) is 3.15. The molecule has 0 rings (SSSR count). The third kappa shape index (κ3) is 20.3. The van der Waals surface area contributed by atoms with Crippen molar-refractivity contribution < 1.29 is 16.9 Å². The highest BCUT2D eigenvalue weighted by Gasteiger charge is 2.11. The lowest BCUT2D eigenvalue weighted by molar-refractivity contribution is -0.884. The van der Waals surface area contributed by atoms with Gasteiger partial charge < -0.3 is 16.9 Å². The molecule has 0 aromatic carbocycles. The summed E-state index contributed by atoms with van der Waals surface area (Å²) in [5.74, 6) is 0. The lowest BCUT2D eigenvalue weighted by Gasteiger charge is -2.28. The van der Waals surface area contributed by atoms with E-state index < -0.39 is 0 Å². The average molecular weight is 380 g/mol. The van der Waals surface area contributed by atoms with Gasteiger partial charge in [0.25, 0.3) is 0 Å². The van der Waals surface area contributed by atoms with Gasteiger partial charge in [0, 0.05) is 5.54 Å². The van der Waals surface area contributed by atoms with Gasteiger partial charge in [-0.15, -0.1) is 0 Å². The third-order valence-electron chi connectivity index (χ3n) is 4.81. The molecule has 0 aliphatic carbocycles. The Labute approximate surface area is 164 Å². The first kappa shape index (κ1) is 26.5. The molecule has 0 aliphatic heterocycles. The van der Waals surface area contributed by atoms with Gasteiger partial charge in [-0.1, -0.05) is 95.6 Å². The summed E-state index contributed by atoms with van der Waals surface area (Å²) in [7, 11) is 4.58. The molecule has 0 aromatic rings. The highest BCUT2D eigenvalue weighted by Crippen LogP contribution is 2.13. The number of hydrogen-bond donors (Lipinski definition) is 0. The molecular weight excluding hydrogens is 337 g/mol. The summed E-state index contributed by atoms with van der Waals surface area (Å²) in [6.45, 7) is 4.60. The minimum atomic E-state index is 0. The molecule has 1 nitrogen and oxygen atoms in total. The van der Waals surface area contributed by atoms with Gasteiger partial charge in [0.05, 0.1) is 27.2 Å². The zero-order valence-electron chi connectivity index (χ0n) is 16.7. The molecule has 0 amide bonds. The Morgan fingerprint density at radius 3 is 1.42 bits per heavy atom. The molecule has 0 saturated carbocycles. The zero-order chi connectivity index (χ0) is 17.2. The molecule has 0 radical (unpaired) electrons. The van der Waals surface area contributed by atoms with Crippen LogP contribution in [0.15, 0.2) is 11.6 Å². The number of nitrogens with zero attached hydrogens (tertiary/aromatic N) is 1. The van der Waals surface area contributed by atoms with Crippen molar-refractivity contribution in [2.45, 2.75) is 96.8 Å². The van der Waals surface area contributed by atoms with E-state index in [0.29, 0.717) is 0 Å². The van der Waals surface area contributed by atoms with Crippen LogP contribution in [0.1, 0.15) is 96.8 Å². The average Bonchev–Trinajstić information content (AvgIpc) is 2.53. The molecule has 0 N–H and O–H groups in total. The van der Waals surface area contributed by atoms with Crippen LogP contribution in [0.5, 0.6) is 0 Å². The first-order valence-electron chi connectivity index (χ1n) is 10.2.